The molecule has 1 heterocycles. The van der Waals surface area contributed by atoms with Crippen LogP contribution in [0.15, 0.2) is 0 Å². The zero-order valence-corrected chi connectivity index (χ0v) is 8.88. The van der Waals surface area contributed by atoms with Crippen molar-refractivity contribution in [2.45, 2.75) is 19.4 Å². The molecule has 8 heteroatoms. The van der Waals surface area contributed by atoms with Gasteiger partial charge in [0.15, 0.2) is 11.9 Å². The molecule has 1 aromatic rings. The first kappa shape index (κ1) is 12.0. The number of esters is 1. The second-order valence-corrected chi connectivity index (χ2v) is 3.02. The molecular formula is C8H12N4O4. The fourth-order valence-electron chi connectivity index (χ4n) is 1.23. The molecule has 1 rings (SSSR count). The normalized spacial score (nSPS) is 12.1. The van der Waals surface area contributed by atoms with Gasteiger partial charge in [-0.25, -0.2) is 14.3 Å². The maximum Gasteiger partial charge on any atom is 0.362 e. The lowest BCUT2D eigenvalue weighted by molar-refractivity contribution is -0.141. The number of nitrogens with zero attached hydrogens (tertiary/aromatic N) is 3. The average molecular weight is 228 g/mol. The van der Waals surface area contributed by atoms with E-state index in [9.17, 15) is 9.59 Å². The van der Waals surface area contributed by atoms with Gasteiger partial charge in [0.25, 0.3) is 0 Å². The molecule has 0 saturated carbocycles. The Morgan fingerprint density at radius 1 is 1.62 bits per heavy atom. The summed E-state index contributed by atoms with van der Waals surface area (Å²) in [5, 5.41) is 15.9. The lowest BCUT2D eigenvalue weighted by atomic mass is 10.2. The van der Waals surface area contributed by atoms with Crippen LogP contribution in [0, 0.1) is 0 Å². The zero-order valence-electron chi connectivity index (χ0n) is 8.88. The summed E-state index contributed by atoms with van der Waals surface area (Å²) in [6.07, 6.45) is 0.281. The molecule has 1 unspecified atom stereocenters. The molecule has 0 spiro atoms. The Morgan fingerprint density at radius 3 is 2.69 bits per heavy atom. The number of carboxylic acids is 1. The number of carbonyl (C=O) groups is 2. The van der Waals surface area contributed by atoms with E-state index in [1.165, 1.54) is 7.11 Å². The molecular weight excluding hydrogens is 216 g/mol. The molecule has 8 nitrogen and oxygen atoms in total. The maximum absolute atomic E-state index is 11.2. The molecule has 3 N–H and O–H groups in total. The van der Waals surface area contributed by atoms with Gasteiger partial charge in [-0.05, 0) is 6.42 Å². The number of nitrogen functional groups attached to an aromatic ring is 1. The molecule has 88 valence electrons. The molecule has 0 aromatic carbocycles. The number of carboxylic acid groups (broad SMARTS) is 1. The number of nitrogens with two attached hydrogens (primary N) is 1. The summed E-state index contributed by atoms with van der Waals surface area (Å²) in [6, 6.07) is -0.939. The molecule has 0 amide bonds. The smallest absolute Gasteiger partial charge is 0.362 e. The Kier molecular flexibility index (Phi) is 3.44. The van der Waals surface area contributed by atoms with E-state index in [0.29, 0.717) is 0 Å². The molecule has 16 heavy (non-hydrogen) atoms. The van der Waals surface area contributed by atoms with E-state index in [0.717, 1.165) is 4.68 Å². The minimum atomic E-state index is -1.09. The lowest BCUT2D eigenvalue weighted by Gasteiger charge is -2.10. The maximum atomic E-state index is 11.2. The Bertz CT molecular complexity index is 414. The number of aromatic nitrogens is 3. The summed E-state index contributed by atoms with van der Waals surface area (Å²) in [6.45, 7) is 1.66. The Hall–Kier alpha value is -2.12. The van der Waals surface area contributed by atoms with Crippen molar-refractivity contribution in [2.75, 3.05) is 12.8 Å². The summed E-state index contributed by atoms with van der Waals surface area (Å²) in [5.74, 6) is -1.94. The zero-order chi connectivity index (χ0) is 12.3. The van der Waals surface area contributed by atoms with Crippen molar-refractivity contribution < 1.29 is 19.4 Å². The summed E-state index contributed by atoms with van der Waals surface area (Å²) in [4.78, 5) is 22.0. The molecule has 0 fully saturated rings. The molecule has 0 aliphatic carbocycles. The molecule has 1 atom stereocenters. The molecule has 0 radical (unpaired) electrons. The third-order valence-electron chi connectivity index (χ3n) is 2.08. The number of rotatable bonds is 4. The minimum absolute atomic E-state index is 0.110. The number of anilines is 1. The van der Waals surface area contributed by atoms with E-state index < -0.39 is 18.0 Å². The van der Waals surface area contributed by atoms with E-state index in [-0.39, 0.29) is 17.9 Å². The van der Waals surface area contributed by atoms with Crippen molar-refractivity contribution >= 4 is 17.8 Å². The average Bonchev–Trinajstić information content (AvgIpc) is 2.61. The summed E-state index contributed by atoms with van der Waals surface area (Å²) in [7, 11) is 1.18. The van der Waals surface area contributed by atoms with Crippen LogP contribution in [0.25, 0.3) is 0 Å². The number of hydrogen-bond acceptors (Lipinski definition) is 6. The highest BCUT2D eigenvalue weighted by atomic mass is 16.5. The standard InChI is InChI=1S/C8H12N4O4/c1-3-4(7(13)14)12-6(9)5(10-11-12)8(15)16-2/h4H,3,9H2,1-2H3,(H,13,14). The van der Waals surface area contributed by atoms with Crippen LogP contribution in [0.5, 0.6) is 0 Å². The number of ether oxygens (including phenoxy) is 1. The summed E-state index contributed by atoms with van der Waals surface area (Å²) in [5.41, 5.74) is 5.39. The van der Waals surface area contributed by atoms with Gasteiger partial charge in [0.1, 0.15) is 0 Å². The van der Waals surface area contributed by atoms with Gasteiger partial charge in [-0.1, -0.05) is 12.1 Å². The van der Waals surface area contributed by atoms with Crippen molar-refractivity contribution in [3.05, 3.63) is 5.69 Å². The SMILES string of the molecule is CCC(C(=O)O)n1nnc(C(=O)OC)c1N. The van der Waals surface area contributed by atoms with Gasteiger partial charge >= 0.3 is 11.9 Å². The van der Waals surface area contributed by atoms with Crippen LogP contribution in [0.3, 0.4) is 0 Å². The summed E-state index contributed by atoms with van der Waals surface area (Å²) >= 11 is 0. The van der Waals surface area contributed by atoms with Crippen LogP contribution < -0.4 is 5.73 Å². The fourth-order valence-corrected chi connectivity index (χ4v) is 1.23. The minimum Gasteiger partial charge on any atom is -0.480 e. The first-order valence-electron chi connectivity index (χ1n) is 4.54. The van der Waals surface area contributed by atoms with Crippen LogP contribution in [-0.4, -0.2) is 39.1 Å². The summed E-state index contributed by atoms with van der Waals surface area (Å²) < 4.78 is 5.42. The molecule has 0 saturated heterocycles. The highest BCUT2D eigenvalue weighted by Gasteiger charge is 2.25. The molecule has 0 bridgehead atoms. The van der Waals surface area contributed by atoms with Crippen molar-refractivity contribution in [3.8, 4) is 0 Å². The number of carbonyl (C=O) groups excluding carboxylic acids is 1. The largest absolute Gasteiger partial charge is 0.480 e. The fraction of sp³-hybridized carbons (Fsp3) is 0.500. The highest BCUT2D eigenvalue weighted by molar-refractivity contribution is 5.92. The van der Waals surface area contributed by atoms with Crippen molar-refractivity contribution in [1.29, 1.82) is 0 Å². The van der Waals surface area contributed by atoms with Gasteiger partial charge in [0.05, 0.1) is 7.11 Å². The van der Waals surface area contributed by atoms with Crippen molar-refractivity contribution in [2.24, 2.45) is 0 Å². The monoisotopic (exact) mass is 228 g/mol. The quantitative estimate of drug-likeness (QED) is 0.677. The van der Waals surface area contributed by atoms with Gasteiger partial charge in [-0.3, -0.25) is 0 Å². The van der Waals surface area contributed by atoms with E-state index in [2.05, 4.69) is 15.0 Å². The highest BCUT2D eigenvalue weighted by Crippen LogP contribution is 2.17. The predicted octanol–water partition coefficient (Wildman–Crippen LogP) is -0.317. The van der Waals surface area contributed by atoms with E-state index in [1.807, 2.05) is 0 Å². The predicted molar refractivity (Wildman–Crippen MR) is 52.7 cm³/mol. The van der Waals surface area contributed by atoms with E-state index >= 15 is 0 Å². The number of aliphatic carboxylic acids is 1. The first-order valence-corrected chi connectivity index (χ1v) is 4.54. The topological polar surface area (TPSA) is 120 Å². The van der Waals surface area contributed by atoms with Gasteiger partial charge < -0.3 is 15.6 Å². The van der Waals surface area contributed by atoms with Gasteiger partial charge in [-0.2, -0.15) is 0 Å². The molecule has 0 aliphatic heterocycles. The number of methoxy groups -OCH3 is 1. The van der Waals surface area contributed by atoms with Gasteiger partial charge in [-0.15, -0.1) is 5.10 Å². The van der Waals surface area contributed by atoms with Crippen LogP contribution >= 0.6 is 0 Å². The molecule has 1 aromatic heterocycles. The van der Waals surface area contributed by atoms with Crippen LogP contribution in [0.4, 0.5) is 5.82 Å². The van der Waals surface area contributed by atoms with Crippen LogP contribution in [0.2, 0.25) is 0 Å². The lowest BCUT2D eigenvalue weighted by Crippen LogP contribution is -2.21. The Labute approximate surface area is 91.0 Å². The molecule has 0 aliphatic rings. The third kappa shape index (κ3) is 1.95. The second-order valence-electron chi connectivity index (χ2n) is 3.02. The van der Waals surface area contributed by atoms with Crippen molar-refractivity contribution in [1.82, 2.24) is 15.0 Å². The van der Waals surface area contributed by atoms with Gasteiger partial charge in [0, 0.05) is 0 Å². The van der Waals surface area contributed by atoms with Crippen LogP contribution in [0.1, 0.15) is 29.9 Å². The van der Waals surface area contributed by atoms with Gasteiger partial charge in [0.2, 0.25) is 5.69 Å². The first-order chi connectivity index (χ1) is 7.52. The second kappa shape index (κ2) is 4.60. The Morgan fingerprint density at radius 2 is 2.25 bits per heavy atom. The van der Waals surface area contributed by atoms with E-state index in [4.69, 9.17) is 10.8 Å². The third-order valence-corrected chi connectivity index (χ3v) is 2.08. The van der Waals surface area contributed by atoms with Crippen molar-refractivity contribution in [3.63, 3.8) is 0 Å². The van der Waals surface area contributed by atoms with E-state index in [1.54, 1.807) is 6.92 Å². The van der Waals surface area contributed by atoms with Crippen LogP contribution in [-0.2, 0) is 9.53 Å². The number of hydrogen-bond donors (Lipinski definition) is 2. The Balaban J connectivity index is 3.12.